The second-order valence-corrected chi connectivity index (χ2v) is 19.2. The number of piperidine rings is 1. The van der Waals surface area contributed by atoms with Crippen molar-refractivity contribution in [1.82, 2.24) is 14.7 Å². The zero-order valence-electron chi connectivity index (χ0n) is 33.9. The fourth-order valence-electron chi connectivity index (χ4n) is 5.93. The van der Waals surface area contributed by atoms with Crippen molar-refractivity contribution in [3.63, 3.8) is 0 Å². The topological polar surface area (TPSA) is 9.72 Å². The van der Waals surface area contributed by atoms with E-state index in [0.29, 0.717) is 22.0 Å². The summed E-state index contributed by atoms with van der Waals surface area (Å²) in [5.41, 5.74) is 4.88. The number of benzene rings is 1. The van der Waals surface area contributed by atoms with Crippen LogP contribution in [0.25, 0.3) is 0 Å². The SMILES string of the molecule is CC.CC(C)(C)C1CCN(C(C)(C)C)CC1.CC(C)(C)N1CCN(C(C)(C)C)CC1.CC(C)(C)c1ccc(C(C)(C)C)cc1. The lowest BCUT2D eigenvalue weighted by molar-refractivity contribution is 0.0211. The summed E-state index contributed by atoms with van der Waals surface area (Å²) in [6, 6.07) is 9.00. The molecular formula is C41H81N3. The maximum absolute atomic E-state index is 2.62. The molecular weight excluding hydrogens is 534 g/mol. The molecule has 2 fully saturated rings. The van der Waals surface area contributed by atoms with E-state index in [2.05, 4.69) is 164 Å². The third kappa shape index (κ3) is 15.6. The molecule has 0 aromatic heterocycles. The van der Waals surface area contributed by atoms with E-state index in [-0.39, 0.29) is 10.8 Å². The number of rotatable bonds is 0. The van der Waals surface area contributed by atoms with Crippen LogP contribution >= 0.6 is 0 Å². The Morgan fingerprint density at radius 1 is 0.409 bits per heavy atom. The minimum absolute atomic E-state index is 0.260. The minimum Gasteiger partial charge on any atom is -0.298 e. The molecule has 44 heavy (non-hydrogen) atoms. The van der Waals surface area contributed by atoms with Gasteiger partial charge < -0.3 is 0 Å². The van der Waals surface area contributed by atoms with Gasteiger partial charge in [0.25, 0.3) is 0 Å². The van der Waals surface area contributed by atoms with Gasteiger partial charge in [0.15, 0.2) is 0 Å². The highest BCUT2D eigenvalue weighted by atomic mass is 15.3. The third-order valence-corrected chi connectivity index (χ3v) is 9.46. The van der Waals surface area contributed by atoms with Gasteiger partial charge in [-0.05, 0) is 122 Å². The molecule has 2 saturated heterocycles. The van der Waals surface area contributed by atoms with Crippen LogP contribution in [0.4, 0.5) is 0 Å². The van der Waals surface area contributed by atoms with Crippen LogP contribution < -0.4 is 0 Å². The molecule has 0 radical (unpaired) electrons. The van der Waals surface area contributed by atoms with Crippen molar-refractivity contribution in [2.75, 3.05) is 39.3 Å². The van der Waals surface area contributed by atoms with E-state index in [1.165, 1.54) is 63.2 Å². The first kappa shape index (κ1) is 43.1. The van der Waals surface area contributed by atoms with Crippen LogP contribution in [-0.2, 0) is 10.8 Å². The van der Waals surface area contributed by atoms with E-state index in [4.69, 9.17) is 0 Å². The third-order valence-electron chi connectivity index (χ3n) is 9.46. The normalized spacial score (nSPS) is 18.7. The molecule has 1 aromatic carbocycles. The fourth-order valence-corrected chi connectivity index (χ4v) is 5.93. The van der Waals surface area contributed by atoms with E-state index >= 15 is 0 Å². The van der Waals surface area contributed by atoms with Gasteiger partial charge in [-0.3, -0.25) is 14.7 Å². The molecule has 2 aliphatic rings. The number of hydrogen-bond donors (Lipinski definition) is 0. The molecule has 2 aliphatic heterocycles. The molecule has 1 aromatic rings. The molecule has 260 valence electrons. The van der Waals surface area contributed by atoms with E-state index in [0.717, 1.165) is 5.92 Å². The summed E-state index contributed by atoms with van der Waals surface area (Å²) in [7, 11) is 0. The Hall–Kier alpha value is -0.900. The fraction of sp³-hybridized carbons (Fsp3) is 0.854. The van der Waals surface area contributed by atoms with Crippen molar-refractivity contribution < 1.29 is 0 Å². The van der Waals surface area contributed by atoms with Gasteiger partial charge in [0.05, 0.1) is 0 Å². The molecule has 0 atom stereocenters. The van der Waals surface area contributed by atoms with Crippen LogP contribution in [0.2, 0.25) is 0 Å². The Kier molecular flexibility index (Phi) is 16.4. The summed E-state index contributed by atoms with van der Waals surface area (Å²) in [4.78, 5) is 7.78. The lowest BCUT2D eigenvalue weighted by atomic mass is 9.75. The molecule has 0 amide bonds. The van der Waals surface area contributed by atoms with Crippen LogP contribution in [0, 0.1) is 11.3 Å². The Balaban J connectivity index is 0.000000612. The zero-order valence-corrected chi connectivity index (χ0v) is 33.9. The maximum Gasteiger partial charge on any atom is 0.0126 e. The summed E-state index contributed by atoms with van der Waals surface area (Å²) in [6.45, 7) is 52.8. The molecule has 0 aliphatic carbocycles. The van der Waals surface area contributed by atoms with Gasteiger partial charge in [0, 0.05) is 42.8 Å². The van der Waals surface area contributed by atoms with Crippen LogP contribution in [0.1, 0.15) is 162 Å². The molecule has 0 saturated carbocycles. The summed E-state index contributed by atoms with van der Waals surface area (Å²) in [5, 5.41) is 0. The average Bonchev–Trinajstić information content (AvgIpc) is 2.88. The molecule has 3 rings (SSSR count). The molecule has 3 nitrogen and oxygen atoms in total. The summed E-state index contributed by atoms with van der Waals surface area (Å²) in [6.07, 6.45) is 2.75. The zero-order chi connectivity index (χ0) is 34.9. The Morgan fingerprint density at radius 3 is 0.818 bits per heavy atom. The summed E-state index contributed by atoms with van der Waals surface area (Å²) < 4.78 is 0. The van der Waals surface area contributed by atoms with E-state index in [1.54, 1.807) is 0 Å². The lowest BCUT2D eigenvalue weighted by Gasteiger charge is -2.46. The van der Waals surface area contributed by atoms with E-state index in [1.807, 2.05) is 13.8 Å². The first-order chi connectivity index (χ1) is 19.6. The van der Waals surface area contributed by atoms with Gasteiger partial charge in [0.2, 0.25) is 0 Å². The summed E-state index contributed by atoms with van der Waals surface area (Å²) >= 11 is 0. The molecule has 3 heteroatoms. The van der Waals surface area contributed by atoms with Crippen molar-refractivity contribution in [2.24, 2.45) is 11.3 Å². The second kappa shape index (κ2) is 16.8. The van der Waals surface area contributed by atoms with Gasteiger partial charge in [-0.15, -0.1) is 0 Å². The Labute approximate surface area is 278 Å². The van der Waals surface area contributed by atoms with Crippen molar-refractivity contribution in [3.05, 3.63) is 35.4 Å². The van der Waals surface area contributed by atoms with Gasteiger partial charge in [0.1, 0.15) is 0 Å². The van der Waals surface area contributed by atoms with Crippen LogP contribution in [0.15, 0.2) is 24.3 Å². The maximum atomic E-state index is 2.62. The standard InChI is InChI=1S/C14H22.C13H27N.C12H26N2.C2H6/c1-13(2,3)11-7-9-12(10-8-11)14(4,5)6;1-12(2,3)11-7-9-14(10-8-11)13(4,5)6;1-11(2,3)13-7-9-14(10-8-13)12(4,5)6;1-2/h7-10H,1-6H3;11H,7-10H2,1-6H3;7-10H2,1-6H3;1-2H3. The highest BCUT2D eigenvalue weighted by Gasteiger charge is 2.32. The monoisotopic (exact) mass is 616 g/mol. The van der Waals surface area contributed by atoms with Crippen molar-refractivity contribution in [2.45, 2.75) is 179 Å². The lowest BCUT2D eigenvalue weighted by Crippen LogP contribution is -2.57. The highest BCUT2D eigenvalue weighted by molar-refractivity contribution is 5.30. The first-order valence-electron chi connectivity index (χ1n) is 18.0. The molecule has 2 heterocycles. The summed E-state index contributed by atoms with van der Waals surface area (Å²) in [5.74, 6) is 0.918. The van der Waals surface area contributed by atoms with E-state index < -0.39 is 0 Å². The predicted molar refractivity (Wildman–Crippen MR) is 201 cm³/mol. The van der Waals surface area contributed by atoms with Crippen LogP contribution in [0.3, 0.4) is 0 Å². The number of likely N-dealkylation sites (tertiary alicyclic amines) is 1. The molecule has 0 bridgehead atoms. The Morgan fingerprint density at radius 2 is 0.636 bits per heavy atom. The molecule has 0 N–H and O–H groups in total. The number of hydrogen-bond acceptors (Lipinski definition) is 3. The van der Waals surface area contributed by atoms with Gasteiger partial charge in [-0.25, -0.2) is 0 Å². The van der Waals surface area contributed by atoms with Gasteiger partial charge in [-0.2, -0.15) is 0 Å². The van der Waals surface area contributed by atoms with Crippen molar-refractivity contribution in [3.8, 4) is 0 Å². The molecule has 0 spiro atoms. The number of piperazine rings is 1. The van der Waals surface area contributed by atoms with Crippen LogP contribution in [-0.4, -0.2) is 70.6 Å². The Bertz CT molecular complexity index is 765. The smallest absolute Gasteiger partial charge is 0.0126 e. The average molecular weight is 616 g/mol. The van der Waals surface area contributed by atoms with E-state index in [9.17, 15) is 0 Å². The highest BCUT2D eigenvalue weighted by Crippen LogP contribution is 2.36. The quantitative estimate of drug-likeness (QED) is 0.287. The largest absolute Gasteiger partial charge is 0.298 e. The van der Waals surface area contributed by atoms with Crippen molar-refractivity contribution in [1.29, 1.82) is 0 Å². The van der Waals surface area contributed by atoms with Gasteiger partial charge in [-0.1, -0.05) is 100 Å². The molecule has 0 unspecified atom stereocenters. The predicted octanol–water partition coefficient (Wildman–Crippen LogP) is 11.1. The van der Waals surface area contributed by atoms with Gasteiger partial charge >= 0.3 is 0 Å². The van der Waals surface area contributed by atoms with Crippen molar-refractivity contribution >= 4 is 0 Å². The van der Waals surface area contributed by atoms with Crippen LogP contribution in [0.5, 0.6) is 0 Å². The second-order valence-electron chi connectivity index (χ2n) is 19.2. The first-order valence-corrected chi connectivity index (χ1v) is 18.0. The number of nitrogens with zero attached hydrogens (tertiary/aromatic N) is 3. The minimum atomic E-state index is 0.260.